The Morgan fingerprint density at radius 2 is 1.89 bits per heavy atom. The molecule has 3 heterocycles. The smallest absolute Gasteiger partial charge is 0.295 e. The van der Waals surface area contributed by atoms with E-state index in [9.17, 15) is 14.7 Å². The minimum Gasteiger partial charge on any atom is -0.505 e. The summed E-state index contributed by atoms with van der Waals surface area (Å²) in [6.07, 6.45) is 1.78. The molecule has 184 valence electrons. The second-order valence-electron chi connectivity index (χ2n) is 8.83. The average Bonchev–Trinajstić information content (AvgIpc) is 3.31. The molecule has 2 aromatic heterocycles. The third kappa shape index (κ3) is 4.12. The number of carbonyl (C=O) groups excluding carboxylic acids is 2. The van der Waals surface area contributed by atoms with Crippen LogP contribution in [-0.4, -0.2) is 77.4 Å². The van der Waals surface area contributed by atoms with E-state index in [4.69, 9.17) is 9.47 Å². The lowest BCUT2D eigenvalue weighted by molar-refractivity contribution is -0.140. The number of methoxy groups -OCH3 is 2. The lowest BCUT2D eigenvalue weighted by atomic mass is 9.95. The van der Waals surface area contributed by atoms with Crippen LogP contribution in [0.2, 0.25) is 0 Å². The van der Waals surface area contributed by atoms with Crippen molar-refractivity contribution in [1.29, 1.82) is 0 Å². The average molecular weight is 479 g/mol. The van der Waals surface area contributed by atoms with Crippen molar-refractivity contribution in [1.82, 2.24) is 19.2 Å². The molecule has 0 spiro atoms. The summed E-state index contributed by atoms with van der Waals surface area (Å²) >= 11 is 0. The number of ketones is 1. The first-order chi connectivity index (χ1) is 16.7. The zero-order valence-corrected chi connectivity index (χ0v) is 20.8. The fraction of sp³-hybridized carbons (Fsp3) is 0.346. The molecule has 9 nitrogen and oxygen atoms in total. The minimum absolute atomic E-state index is 0.00767. The Balaban J connectivity index is 2.00. The number of aryl methyl sites for hydroxylation is 2. The van der Waals surface area contributed by atoms with Gasteiger partial charge in [-0.1, -0.05) is 6.07 Å². The number of carbonyl (C=O) groups is 2. The quantitative estimate of drug-likeness (QED) is 0.317. The van der Waals surface area contributed by atoms with E-state index in [1.54, 1.807) is 42.8 Å². The van der Waals surface area contributed by atoms with Gasteiger partial charge in [0.15, 0.2) is 5.76 Å². The highest BCUT2D eigenvalue weighted by molar-refractivity contribution is 6.46. The number of amides is 1. The minimum atomic E-state index is -0.866. The number of Topliss-reactive ketones (excluding diaryl/α,β-unsaturated/α-hetero) is 1. The molecule has 4 rings (SSSR count). The Kier molecular flexibility index (Phi) is 6.53. The van der Waals surface area contributed by atoms with Gasteiger partial charge in [-0.05, 0) is 57.8 Å². The summed E-state index contributed by atoms with van der Waals surface area (Å²) in [4.78, 5) is 34.7. The number of aliphatic hydroxyl groups is 1. The van der Waals surface area contributed by atoms with Crippen molar-refractivity contribution in [3.63, 3.8) is 0 Å². The number of likely N-dealkylation sites (N-methyl/N-ethyl adjacent to an activating group) is 1. The summed E-state index contributed by atoms with van der Waals surface area (Å²) in [5.74, 6) is -0.685. The molecule has 1 aromatic carbocycles. The van der Waals surface area contributed by atoms with E-state index in [1.807, 2.05) is 38.1 Å². The van der Waals surface area contributed by atoms with Crippen molar-refractivity contribution < 1.29 is 24.2 Å². The first-order valence-electron chi connectivity index (χ1n) is 11.3. The molecule has 9 heteroatoms. The van der Waals surface area contributed by atoms with Crippen LogP contribution >= 0.6 is 0 Å². The monoisotopic (exact) mass is 478 g/mol. The number of aliphatic hydroxyl groups excluding tert-OH is 1. The third-order valence-corrected chi connectivity index (χ3v) is 6.30. The van der Waals surface area contributed by atoms with Crippen molar-refractivity contribution >= 4 is 23.1 Å². The molecule has 0 bridgehead atoms. The van der Waals surface area contributed by atoms with Crippen LogP contribution in [0.4, 0.5) is 0 Å². The van der Waals surface area contributed by atoms with Crippen LogP contribution in [0.15, 0.2) is 42.1 Å². The predicted molar refractivity (Wildman–Crippen MR) is 132 cm³/mol. The predicted octanol–water partition coefficient (Wildman–Crippen LogP) is 2.95. The largest absolute Gasteiger partial charge is 0.505 e. The van der Waals surface area contributed by atoms with Gasteiger partial charge in [0.1, 0.15) is 22.8 Å². The third-order valence-electron chi connectivity index (χ3n) is 6.30. The van der Waals surface area contributed by atoms with Crippen LogP contribution in [-0.2, 0) is 9.59 Å². The van der Waals surface area contributed by atoms with Gasteiger partial charge in [0.25, 0.3) is 11.7 Å². The normalized spacial score (nSPS) is 17.6. The van der Waals surface area contributed by atoms with Crippen molar-refractivity contribution in [3.05, 3.63) is 64.6 Å². The van der Waals surface area contributed by atoms with Crippen molar-refractivity contribution in [3.8, 4) is 11.5 Å². The van der Waals surface area contributed by atoms with Crippen LogP contribution in [0.3, 0.4) is 0 Å². The van der Waals surface area contributed by atoms with Gasteiger partial charge in [0.2, 0.25) is 0 Å². The molecule has 1 aliphatic rings. The van der Waals surface area contributed by atoms with Gasteiger partial charge >= 0.3 is 0 Å². The molecule has 1 amide bonds. The van der Waals surface area contributed by atoms with Gasteiger partial charge in [-0.15, -0.1) is 0 Å². The summed E-state index contributed by atoms with van der Waals surface area (Å²) in [6.45, 7) is 4.51. The molecule has 0 saturated carbocycles. The molecular weight excluding hydrogens is 448 g/mol. The topological polar surface area (TPSA) is 96.6 Å². The summed E-state index contributed by atoms with van der Waals surface area (Å²) < 4.78 is 12.8. The lowest BCUT2D eigenvalue weighted by Crippen LogP contribution is -2.35. The number of benzene rings is 1. The summed E-state index contributed by atoms with van der Waals surface area (Å²) in [7, 11) is 6.84. The molecule has 1 fully saturated rings. The first kappa shape index (κ1) is 24.3. The van der Waals surface area contributed by atoms with E-state index in [2.05, 4.69) is 4.98 Å². The number of nitrogens with zero attached hydrogens (tertiary/aromatic N) is 4. The van der Waals surface area contributed by atoms with E-state index >= 15 is 0 Å². The van der Waals surface area contributed by atoms with Crippen LogP contribution in [0.25, 0.3) is 11.4 Å². The number of rotatable bonds is 7. The zero-order valence-electron chi connectivity index (χ0n) is 20.8. The molecule has 0 radical (unpaired) electrons. The van der Waals surface area contributed by atoms with Crippen molar-refractivity contribution in [2.24, 2.45) is 0 Å². The summed E-state index contributed by atoms with van der Waals surface area (Å²) in [5, 5.41) is 11.6. The van der Waals surface area contributed by atoms with Crippen LogP contribution in [0, 0.1) is 13.8 Å². The van der Waals surface area contributed by atoms with Crippen LogP contribution in [0.1, 0.15) is 28.6 Å². The number of imidazole rings is 1. The van der Waals surface area contributed by atoms with Gasteiger partial charge in [0.05, 0.1) is 31.5 Å². The second-order valence-corrected chi connectivity index (χ2v) is 8.83. The Morgan fingerprint density at radius 3 is 2.54 bits per heavy atom. The molecule has 1 saturated heterocycles. The molecule has 3 aromatic rings. The van der Waals surface area contributed by atoms with Crippen LogP contribution in [0.5, 0.6) is 11.5 Å². The van der Waals surface area contributed by atoms with E-state index in [1.165, 1.54) is 12.0 Å². The fourth-order valence-electron chi connectivity index (χ4n) is 4.52. The van der Waals surface area contributed by atoms with E-state index < -0.39 is 17.7 Å². The Morgan fingerprint density at radius 1 is 1.14 bits per heavy atom. The Labute approximate surface area is 204 Å². The molecule has 1 aliphatic heterocycles. The maximum atomic E-state index is 13.4. The van der Waals surface area contributed by atoms with Gasteiger partial charge in [0, 0.05) is 24.8 Å². The van der Waals surface area contributed by atoms with Gasteiger partial charge in [-0.3, -0.25) is 14.0 Å². The standard InChI is InChI=1S/C26H30N4O5/c1-15-8-7-11-29-21(16(2)27-25(15)29)23(31)20-22(18-14-17(34-5)9-10-19(18)35-6)30(13-12-28(3)4)26(33)24(20)32/h7-11,14,22,31H,12-13H2,1-6H3/t22-/m0/s1. The Hall–Kier alpha value is -3.85. The Bertz CT molecular complexity index is 1340. The summed E-state index contributed by atoms with van der Waals surface area (Å²) in [6, 6.07) is 8.10. The highest BCUT2D eigenvalue weighted by Crippen LogP contribution is 2.44. The van der Waals surface area contributed by atoms with Crippen molar-refractivity contribution in [2.75, 3.05) is 41.4 Å². The maximum Gasteiger partial charge on any atom is 0.295 e. The van der Waals surface area contributed by atoms with Crippen molar-refractivity contribution in [2.45, 2.75) is 19.9 Å². The van der Waals surface area contributed by atoms with E-state index in [-0.39, 0.29) is 17.9 Å². The number of fused-ring (bicyclic) bond motifs is 1. The second kappa shape index (κ2) is 9.42. The number of aromatic nitrogens is 2. The number of ether oxygens (including phenoxy) is 2. The van der Waals surface area contributed by atoms with E-state index in [0.717, 1.165) is 5.56 Å². The number of pyridine rings is 1. The highest BCUT2D eigenvalue weighted by atomic mass is 16.5. The number of hydrogen-bond donors (Lipinski definition) is 1. The number of hydrogen-bond acceptors (Lipinski definition) is 7. The fourth-order valence-corrected chi connectivity index (χ4v) is 4.52. The van der Waals surface area contributed by atoms with Gasteiger partial charge in [-0.2, -0.15) is 0 Å². The number of likely N-dealkylation sites (tertiary alicyclic amines) is 1. The van der Waals surface area contributed by atoms with Gasteiger partial charge < -0.3 is 24.4 Å². The summed E-state index contributed by atoms with van der Waals surface area (Å²) in [5.41, 5.74) is 3.06. The molecule has 1 N–H and O–H groups in total. The zero-order chi connectivity index (χ0) is 25.4. The first-order valence-corrected chi connectivity index (χ1v) is 11.3. The lowest BCUT2D eigenvalue weighted by Gasteiger charge is -2.28. The van der Waals surface area contributed by atoms with Crippen LogP contribution < -0.4 is 9.47 Å². The molecule has 35 heavy (non-hydrogen) atoms. The molecule has 0 aliphatic carbocycles. The maximum absolute atomic E-state index is 13.4. The molecular formula is C26H30N4O5. The van der Waals surface area contributed by atoms with E-state index in [0.29, 0.717) is 40.6 Å². The highest BCUT2D eigenvalue weighted by Gasteiger charge is 2.47. The SMILES string of the molecule is COc1ccc(OC)c([C@H]2C(=C(O)c3c(C)nc4c(C)cccn34)C(=O)C(=O)N2CCN(C)C)c1. The van der Waals surface area contributed by atoms with Gasteiger partial charge in [-0.25, -0.2) is 4.98 Å². The molecule has 0 unspecified atom stereocenters. The molecule has 1 atom stereocenters.